The summed E-state index contributed by atoms with van der Waals surface area (Å²) in [5, 5.41) is 11.7. The zero-order chi connectivity index (χ0) is 20.4. The predicted octanol–water partition coefficient (Wildman–Crippen LogP) is 2.85. The zero-order valence-corrected chi connectivity index (χ0v) is 15.7. The molecule has 0 aliphatic heterocycles. The Balaban J connectivity index is 2.22. The molecule has 3 N–H and O–H groups in total. The molecule has 0 unspecified atom stereocenters. The van der Waals surface area contributed by atoms with Gasteiger partial charge in [0, 0.05) is 16.8 Å². The minimum absolute atomic E-state index is 0.170. The summed E-state index contributed by atoms with van der Waals surface area (Å²) in [6, 6.07) is 8.18. The van der Waals surface area contributed by atoms with Crippen LogP contribution in [0.3, 0.4) is 0 Å². The van der Waals surface area contributed by atoms with Gasteiger partial charge in [-0.05, 0) is 63.2 Å². The summed E-state index contributed by atoms with van der Waals surface area (Å²) in [6.07, 6.45) is 0. The second-order valence-corrected chi connectivity index (χ2v) is 8.52. The van der Waals surface area contributed by atoms with Crippen molar-refractivity contribution in [3.63, 3.8) is 0 Å². The number of benzene rings is 2. The van der Waals surface area contributed by atoms with Crippen LogP contribution in [0.15, 0.2) is 47.4 Å². The van der Waals surface area contributed by atoms with Gasteiger partial charge in [0.05, 0.1) is 10.5 Å². The molecule has 0 spiro atoms. The van der Waals surface area contributed by atoms with Gasteiger partial charge in [0.1, 0.15) is 5.82 Å². The number of carboxylic acids is 1. The van der Waals surface area contributed by atoms with Crippen molar-refractivity contribution in [1.82, 2.24) is 5.32 Å². The van der Waals surface area contributed by atoms with Crippen LogP contribution in [0, 0.1) is 5.82 Å². The summed E-state index contributed by atoms with van der Waals surface area (Å²) in [5.74, 6) is -2.91. The molecule has 0 saturated heterocycles. The average Bonchev–Trinajstić information content (AvgIpc) is 2.53. The fourth-order valence-electron chi connectivity index (χ4n) is 2.15. The van der Waals surface area contributed by atoms with Gasteiger partial charge < -0.3 is 10.4 Å². The van der Waals surface area contributed by atoms with Crippen molar-refractivity contribution in [2.45, 2.75) is 31.2 Å². The van der Waals surface area contributed by atoms with E-state index in [1.54, 1.807) is 0 Å². The minimum atomic E-state index is -4.13. The van der Waals surface area contributed by atoms with E-state index in [1.165, 1.54) is 24.3 Å². The molecule has 0 saturated carbocycles. The van der Waals surface area contributed by atoms with Crippen LogP contribution in [0.4, 0.5) is 10.1 Å². The Labute approximate surface area is 156 Å². The fourth-order valence-corrected chi connectivity index (χ4v) is 3.24. The van der Waals surface area contributed by atoms with Gasteiger partial charge in [-0.25, -0.2) is 17.6 Å². The van der Waals surface area contributed by atoms with Gasteiger partial charge in [-0.2, -0.15) is 0 Å². The second-order valence-electron chi connectivity index (χ2n) is 6.83. The first-order chi connectivity index (χ1) is 12.4. The summed E-state index contributed by atoms with van der Waals surface area (Å²) in [7, 11) is -4.13. The lowest BCUT2D eigenvalue weighted by Gasteiger charge is -2.20. The van der Waals surface area contributed by atoms with Crippen LogP contribution in [-0.2, 0) is 10.0 Å². The van der Waals surface area contributed by atoms with E-state index in [-0.39, 0.29) is 11.6 Å². The molecule has 9 heteroatoms. The van der Waals surface area contributed by atoms with Crippen LogP contribution in [0.2, 0.25) is 0 Å². The largest absolute Gasteiger partial charge is 0.478 e. The Kier molecular flexibility index (Phi) is 5.55. The van der Waals surface area contributed by atoms with Crippen LogP contribution in [-0.4, -0.2) is 30.9 Å². The van der Waals surface area contributed by atoms with Crippen molar-refractivity contribution < 1.29 is 27.5 Å². The third-order valence-electron chi connectivity index (χ3n) is 3.37. The summed E-state index contributed by atoms with van der Waals surface area (Å²) in [5.41, 5.74) is -0.639. The number of hydrogen-bond acceptors (Lipinski definition) is 4. The third-order valence-corrected chi connectivity index (χ3v) is 4.75. The number of halogens is 1. The van der Waals surface area contributed by atoms with Gasteiger partial charge in [-0.3, -0.25) is 9.52 Å². The van der Waals surface area contributed by atoms with Gasteiger partial charge >= 0.3 is 5.97 Å². The van der Waals surface area contributed by atoms with Crippen molar-refractivity contribution in [3.8, 4) is 0 Å². The van der Waals surface area contributed by atoms with Crippen molar-refractivity contribution in [1.29, 1.82) is 0 Å². The second kappa shape index (κ2) is 7.36. The van der Waals surface area contributed by atoms with Crippen molar-refractivity contribution in [2.75, 3.05) is 4.72 Å². The Bertz CT molecular complexity index is 980. The number of sulfonamides is 1. The van der Waals surface area contributed by atoms with E-state index < -0.39 is 37.8 Å². The van der Waals surface area contributed by atoms with E-state index in [2.05, 4.69) is 10.0 Å². The van der Waals surface area contributed by atoms with E-state index in [4.69, 9.17) is 5.11 Å². The molecule has 0 radical (unpaired) electrons. The monoisotopic (exact) mass is 394 g/mol. The summed E-state index contributed by atoms with van der Waals surface area (Å²) in [6.45, 7) is 5.50. The van der Waals surface area contributed by atoms with Gasteiger partial charge in [0.25, 0.3) is 15.9 Å². The van der Waals surface area contributed by atoms with Gasteiger partial charge in [-0.1, -0.05) is 0 Å². The first-order valence-electron chi connectivity index (χ1n) is 7.87. The van der Waals surface area contributed by atoms with Gasteiger partial charge in [-0.15, -0.1) is 0 Å². The Morgan fingerprint density at radius 1 is 1.04 bits per heavy atom. The molecular weight excluding hydrogens is 375 g/mol. The van der Waals surface area contributed by atoms with Crippen LogP contribution >= 0.6 is 0 Å². The number of carbonyl (C=O) groups excluding carboxylic acids is 1. The molecule has 27 heavy (non-hydrogen) atoms. The number of aromatic carboxylic acids is 1. The molecule has 2 aromatic carbocycles. The maximum absolute atomic E-state index is 13.4. The number of rotatable bonds is 5. The molecule has 0 heterocycles. The van der Waals surface area contributed by atoms with E-state index >= 15 is 0 Å². The minimum Gasteiger partial charge on any atom is -0.478 e. The summed E-state index contributed by atoms with van der Waals surface area (Å²) in [4.78, 5) is 22.6. The lowest BCUT2D eigenvalue weighted by molar-refractivity contribution is 0.0691. The lowest BCUT2D eigenvalue weighted by Crippen LogP contribution is -2.40. The van der Waals surface area contributed by atoms with E-state index in [1.807, 2.05) is 20.8 Å². The number of hydrogen-bond donors (Lipinski definition) is 3. The van der Waals surface area contributed by atoms with Gasteiger partial charge in [0.2, 0.25) is 0 Å². The topological polar surface area (TPSA) is 113 Å². The number of carboxylic acid groups (broad SMARTS) is 1. The van der Waals surface area contributed by atoms with Crippen molar-refractivity contribution in [2.24, 2.45) is 0 Å². The maximum Gasteiger partial charge on any atom is 0.338 e. The third kappa shape index (κ3) is 5.27. The van der Waals surface area contributed by atoms with Gasteiger partial charge in [0.15, 0.2) is 0 Å². The summed E-state index contributed by atoms with van der Waals surface area (Å²) < 4.78 is 40.5. The number of amides is 1. The Morgan fingerprint density at radius 2 is 1.63 bits per heavy atom. The van der Waals surface area contributed by atoms with Crippen LogP contribution < -0.4 is 10.0 Å². The molecule has 0 aromatic heterocycles. The number of nitrogens with one attached hydrogen (secondary N) is 2. The molecule has 0 aliphatic carbocycles. The van der Waals surface area contributed by atoms with Crippen molar-refractivity contribution >= 4 is 27.6 Å². The van der Waals surface area contributed by atoms with E-state index in [0.29, 0.717) is 5.56 Å². The average molecular weight is 394 g/mol. The number of anilines is 1. The standard InChI is InChI=1S/C18H19FN2O5S/c1-18(2,3)20-16(22)11-4-6-12(7-5-11)21-27(25,26)13-8-9-15(19)14(10-13)17(23)24/h4-10,21H,1-3H3,(H,20,22)(H,23,24). The van der Waals surface area contributed by atoms with E-state index in [0.717, 1.165) is 18.2 Å². The van der Waals surface area contributed by atoms with E-state index in [9.17, 15) is 22.4 Å². The molecule has 0 aliphatic rings. The molecule has 2 rings (SSSR count). The highest BCUT2D eigenvalue weighted by atomic mass is 32.2. The Hall–Kier alpha value is -2.94. The quantitative estimate of drug-likeness (QED) is 0.722. The van der Waals surface area contributed by atoms with Crippen molar-refractivity contribution in [3.05, 3.63) is 59.4 Å². The smallest absolute Gasteiger partial charge is 0.338 e. The molecule has 7 nitrogen and oxygen atoms in total. The normalized spacial score (nSPS) is 11.7. The number of carbonyl (C=O) groups is 2. The first-order valence-corrected chi connectivity index (χ1v) is 9.35. The molecule has 0 atom stereocenters. The highest BCUT2D eigenvalue weighted by Gasteiger charge is 2.20. The molecule has 144 valence electrons. The Morgan fingerprint density at radius 3 is 2.15 bits per heavy atom. The molecule has 1 amide bonds. The zero-order valence-electron chi connectivity index (χ0n) is 14.9. The highest BCUT2D eigenvalue weighted by molar-refractivity contribution is 7.92. The molecule has 2 aromatic rings. The first kappa shape index (κ1) is 20.4. The van der Waals surface area contributed by atoms with Crippen LogP contribution in [0.1, 0.15) is 41.5 Å². The predicted molar refractivity (Wildman–Crippen MR) is 97.8 cm³/mol. The fraction of sp³-hybridized carbons (Fsp3) is 0.222. The highest BCUT2D eigenvalue weighted by Crippen LogP contribution is 2.20. The molecule has 0 bridgehead atoms. The summed E-state index contributed by atoms with van der Waals surface area (Å²) >= 11 is 0. The van der Waals surface area contributed by atoms with Crippen LogP contribution in [0.25, 0.3) is 0 Å². The maximum atomic E-state index is 13.4. The lowest BCUT2D eigenvalue weighted by atomic mass is 10.1. The molecule has 0 fully saturated rings. The van der Waals surface area contributed by atoms with Crippen LogP contribution in [0.5, 0.6) is 0 Å². The SMILES string of the molecule is CC(C)(C)NC(=O)c1ccc(NS(=O)(=O)c2ccc(F)c(C(=O)O)c2)cc1. The molecular formula is C18H19FN2O5S.